The van der Waals surface area contributed by atoms with Crippen molar-refractivity contribution in [3.63, 3.8) is 0 Å². The standard InChI is InChI=1S/C27H41NO8/c1-8-21(29)33-12-11-27(17-34-22(30)9-2,18-35-23(31)10-3)19-36-24(32)15-28-26(7)14-20(4)13-25(5,6)16-26/h8-10,20,28H,1-3,11-19H2,4-7H3. The van der Waals surface area contributed by atoms with Crippen molar-refractivity contribution in [3.8, 4) is 0 Å². The van der Waals surface area contributed by atoms with Gasteiger partial charge in [-0.05, 0) is 43.9 Å². The van der Waals surface area contributed by atoms with E-state index in [9.17, 15) is 19.2 Å². The normalized spacial score (nSPS) is 20.9. The molecule has 1 aliphatic carbocycles. The van der Waals surface area contributed by atoms with Crippen molar-refractivity contribution in [2.75, 3.05) is 33.0 Å². The van der Waals surface area contributed by atoms with Crippen LogP contribution in [0.5, 0.6) is 0 Å². The van der Waals surface area contributed by atoms with E-state index in [1.165, 1.54) is 0 Å². The first-order valence-corrected chi connectivity index (χ1v) is 12.1. The molecular formula is C27H41NO8. The first kappa shape index (κ1) is 31.1. The predicted octanol–water partition coefficient (Wildman–Crippen LogP) is 3.29. The van der Waals surface area contributed by atoms with E-state index < -0.39 is 29.3 Å². The summed E-state index contributed by atoms with van der Waals surface area (Å²) in [5.41, 5.74) is -1.22. The highest BCUT2D eigenvalue weighted by Gasteiger charge is 2.40. The molecule has 36 heavy (non-hydrogen) atoms. The summed E-state index contributed by atoms with van der Waals surface area (Å²) in [5, 5.41) is 3.35. The van der Waals surface area contributed by atoms with Crippen molar-refractivity contribution in [1.82, 2.24) is 5.32 Å². The fraction of sp³-hybridized carbons (Fsp3) is 0.630. The molecule has 9 heteroatoms. The van der Waals surface area contributed by atoms with Crippen LogP contribution in [0.4, 0.5) is 0 Å². The van der Waals surface area contributed by atoms with Gasteiger partial charge in [-0.1, -0.05) is 40.5 Å². The molecule has 202 valence electrons. The Bertz CT molecular complexity index is 810. The van der Waals surface area contributed by atoms with E-state index >= 15 is 0 Å². The smallest absolute Gasteiger partial charge is 0.330 e. The van der Waals surface area contributed by atoms with Crippen LogP contribution in [0, 0.1) is 16.7 Å². The van der Waals surface area contributed by atoms with E-state index in [2.05, 4.69) is 52.7 Å². The lowest BCUT2D eigenvalue weighted by Crippen LogP contribution is -2.52. The zero-order valence-corrected chi connectivity index (χ0v) is 22.1. The lowest BCUT2D eigenvalue weighted by molar-refractivity contribution is -0.161. The van der Waals surface area contributed by atoms with Crippen LogP contribution in [0.25, 0.3) is 0 Å². The number of hydrogen-bond acceptors (Lipinski definition) is 9. The lowest BCUT2D eigenvalue weighted by Gasteiger charge is -2.46. The summed E-state index contributed by atoms with van der Waals surface area (Å²) in [7, 11) is 0. The van der Waals surface area contributed by atoms with Gasteiger partial charge in [0.15, 0.2) is 0 Å². The van der Waals surface area contributed by atoms with Crippen LogP contribution in [0.15, 0.2) is 38.0 Å². The Morgan fingerprint density at radius 2 is 1.36 bits per heavy atom. The number of carbonyl (C=O) groups is 4. The molecular weight excluding hydrogens is 466 g/mol. The average Bonchev–Trinajstić information content (AvgIpc) is 2.81. The summed E-state index contributed by atoms with van der Waals surface area (Å²) < 4.78 is 21.0. The molecule has 1 saturated carbocycles. The van der Waals surface area contributed by atoms with Gasteiger partial charge in [-0.3, -0.25) is 4.79 Å². The zero-order valence-electron chi connectivity index (χ0n) is 22.1. The molecule has 0 radical (unpaired) electrons. The van der Waals surface area contributed by atoms with Gasteiger partial charge in [0.25, 0.3) is 0 Å². The summed E-state index contributed by atoms with van der Waals surface area (Å²) in [6.07, 6.45) is 6.05. The fourth-order valence-electron chi connectivity index (χ4n) is 5.02. The zero-order chi connectivity index (χ0) is 27.4. The second kappa shape index (κ2) is 14.0. The minimum atomic E-state index is -1.17. The maximum absolute atomic E-state index is 12.7. The first-order chi connectivity index (χ1) is 16.8. The van der Waals surface area contributed by atoms with Crippen LogP contribution in [0.3, 0.4) is 0 Å². The van der Waals surface area contributed by atoms with Crippen molar-refractivity contribution < 1.29 is 38.1 Å². The molecule has 0 aromatic rings. The Balaban J connectivity index is 2.92. The third kappa shape index (κ3) is 11.2. The third-order valence-electron chi connectivity index (χ3n) is 6.19. The van der Waals surface area contributed by atoms with Crippen LogP contribution in [0.2, 0.25) is 0 Å². The van der Waals surface area contributed by atoms with Gasteiger partial charge < -0.3 is 24.3 Å². The maximum Gasteiger partial charge on any atom is 0.330 e. The second-order valence-electron chi connectivity index (χ2n) is 10.7. The van der Waals surface area contributed by atoms with Crippen LogP contribution in [-0.2, 0) is 38.1 Å². The topological polar surface area (TPSA) is 117 Å². The highest BCUT2D eigenvalue weighted by atomic mass is 16.6. The number of rotatable bonds is 15. The minimum Gasteiger partial charge on any atom is -0.464 e. The van der Waals surface area contributed by atoms with E-state index in [0.29, 0.717) is 5.92 Å². The molecule has 0 bridgehead atoms. The van der Waals surface area contributed by atoms with Crippen LogP contribution < -0.4 is 5.32 Å². The number of ether oxygens (including phenoxy) is 4. The summed E-state index contributed by atoms with van der Waals surface area (Å²) in [6.45, 7) is 17.9. The molecule has 1 aliphatic rings. The molecule has 1 rings (SSSR count). The Morgan fingerprint density at radius 1 is 0.861 bits per heavy atom. The first-order valence-electron chi connectivity index (χ1n) is 12.1. The van der Waals surface area contributed by atoms with Gasteiger partial charge in [0.2, 0.25) is 0 Å². The van der Waals surface area contributed by atoms with Gasteiger partial charge in [-0.2, -0.15) is 0 Å². The van der Waals surface area contributed by atoms with Gasteiger partial charge in [0, 0.05) is 23.8 Å². The summed E-state index contributed by atoms with van der Waals surface area (Å²) in [5.74, 6) is -2.04. The van der Waals surface area contributed by atoms with Gasteiger partial charge in [0.1, 0.15) is 19.8 Å². The van der Waals surface area contributed by atoms with Crippen molar-refractivity contribution in [2.45, 2.75) is 58.9 Å². The average molecular weight is 508 g/mol. The van der Waals surface area contributed by atoms with Crippen LogP contribution >= 0.6 is 0 Å². The largest absolute Gasteiger partial charge is 0.464 e. The second-order valence-corrected chi connectivity index (χ2v) is 10.7. The van der Waals surface area contributed by atoms with Crippen molar-refractivity contribution >= 4 is 23.9 Å². The molecule has 0 aromatic carbocycles. The van der Waals surface area contributed by atoms with Crippen molar-refractivity contribution in [2.24, 2.45) is 16.7 Å². The number of esters is 4. The minimum absolute atomic E-state index is 0.0142. The van der Waals surface area contributed by atoms with E-state index in [4.69, 9.17) is 18.9 Å². The summed E-state index contributed by atoms with van der Waals surface area (Å²) in [6, 6.07) is 0. The van der Waals surface area contributed by atoms with E-state index in [0.717, 1.165) is 37.5 Å². The Labute approximate surface area is 214 Å². The van der Waals surface area contributed by atoms with Crippen LogP contribution in [0.1, 0.15) is 53.4 Å². The van der Waals surface area contributed by atoms with Gasteiger partial charge >= 0.3 is 23.9 Å². The SMILES string of the molecule is C=CC(=O)OCCC(COC(=O)C=C)(COC(=O)C=C)COC(=O)CNC1(C)CC(C)CC(C)(C)C1. The Hall–Kier alpha value is -2.94. The van der Waals surface area contributed by atoms with E-state index in [1.54, 1.807) is 0 Å². The molecule has 1 fully saturated rings. The highest BCUT2D eigenvalue weighted by Crippen LogP contribution is 2.43. The quantitative estimate of drug-likeness (QED) is 0.202. The van der Waals surface area contributed by atoms with Crippen molar-refractivity contribution in [1.29, 1.82) is 0 Å². The lowest BCUT2D eigenvalue weighted by atomic mass is 9.65. The number of carbonyl (C=O) groups excluding carboxylic acids is 4. The third-order valence-corrected chi connectivity index (χ3v) is 6.19. The molecule has 0 heterocycles. The molecule has 2 unspecified atom stereocenters. The molecule has 9 nitrogen and oxygen atoms in total. The molecule has 0 spiro atoms. The molecule has 0 saturated heterocycles. The molecule has 2 atom stereocenters. The molecule has 0 amide bonds. The maximum atomic E-state index is 12.7. The number of nitrogens with one attached hydrogen (secondary N) is 1. The highest BCUT2D eigenvalue weighted by molar-refractivity contribution is 5.82. The van der Waals surface area contributed by atoms with Gasteiger partial charge in [-0.25, -0.2) is 14.4 Å². The fourth-order valence-corrected chi connectivity index (χ4v) is 5.02. The molecule has 0 aliphatic heterocycles. The molecule has 0 aromatic heterocycles. The Morgan fingerprint density at radius 3 is 1.86 bits per heavy atom. The summed E-state index contributed by atoms with van der Waals surface area (Å²) in [4.78, 5) is 47.7. The monoisotopic (exact) mass is 507 g/mol. The predicted molar refractivity (Wildman–Crippen MR) is 135 cm³/mol. The molecule has 1 N–H and O–H groups in total. The Kier molecular flexibility index (Phi) is 12.1. The van der Waals surface area contributed by atoms with Crippen molar-refractivity contribution in [3.05, 3.63) is 38.0 Å². The van der Waals surface area contributed by atoms with Gasteiger partial charge in [0.05, 0.1) is 18.6 Å². The summed E-state index contributed by atoms with van der Waals surface area (Å²) >= 11 is 0. The van der Waals surface area contributed by atoms with E-state index in [-0.39, 0.29) is 50.3 Å². The van der Waals surface area contributed by atoms with E-state index in [1.807, 2.05) is 0 Å². The van der Waals surface area contributed by atoms with Crippen LogP contribution in [-0.4, -0.2) is 62.4 Å². The number of hydrogen-bond donors (Lipinski definition) is 1. The van der Waals surface area contributed by atoms with Gasteiger partial charge in [-0.15, -0.1) is 0 Å².